The molecule has 0 saturated carbocycles. The number of hydrazone groups is 1. The van der Waals surface area contributed by atoms with E-state index in [1.54, 1.807) is 24.3 Å². The number of nitrogens with one attached hydrogen (secondary N) is 2. The minimum atomic E-state index is -0.381. The number of amidine groups is 1. The van der Waals surface area contributed by atoms with Gasteiger partial charge in [-0.05, 0) is 5.56 Å². The summed E-state index contributed by atoms with van der Waals surface area (Å²) in [5, 5.41) is 8.48. The minimum absolute atomic E-state index is 0.153. The predicted octanol–water partition coefficient (Wildman–Crippen LogP) is -0.446. The molecule has 0 spiro atoms. The lowest BCUT2D eigenvalue weighted by molar-refractivity contribution is -0.105. The summed E-state index contributed by atoms with van der Waals surface area (Å²) >= 11 is 0. The van der Waals surface area contributed by atoms with E-state index in [-0.39, 0.29) is 23.3 Å². The number of amides is 2. The van der Waals surface area contributed by atoms with E-state index < -0.39 is 0 Å². The van der Waals surface area contributed by atoms with Crippen molar-refractivity contribution in [1.82, 2.24) is 15.3 Å². The highest BCUT2D eigenvalue weighted by Gasteiger charge is 2.08. The van der Waals surface area contributed by atoms with Crippen LogP contribution in [-0.4, -0.2) is 28.1 Å². The molecule has 0 saturated heterocycles. The van der Waals surface area contributed by atoms with Crippen molar-refractivity contribution in [3.05, 3.63) is 53.5 Å². The van der Waals surface area contributed by atoms with Crippen molar-refractivity contribution in [3.8, 4) is 0 Å². The highest BCUT2D eigenvalue weighted by molar-refractivity contribution is 5.97. The molecule has 0 fully saturated rings. The van der Waals surface area contributed by atoms with E-state index in [0.717, 1.165) is 5.56 Å². The fourth-order valence-electron chi connectivity index (χ4n) is 1.76. The molecule has 6 N–H and O–H groups in total. The molecule has 2 amide bonds. The number of carbonyl (C=O) groups excluding carboxylic acids is 2. The molecule has 1 aromatic carbocycles. The zero-order valence-electron chi connectivity index (χ0n) is 12.1. The van der Waals surface area contributed by atoms with Crippen LogP contribution in [0.4, 0.5) is 5.82 Å². The zero-order valence-corrected chi connectivity index (χ0v) is 12.1. The van der Waals surface area contributed by atoms with Crippen molar-refractivity contribution >= 4 is 24.0 Å². The topological polar surface area (TPSA) is 148 Å². The highest BCUT2D eigenvalue weighted by atomic mass is 16.2. The monoisotopic (exact) mass is 313 g/mol. The smallest absolute Gasteiger partial charge is 0.270 e. The van der Waals surface area contributed by atoms with Crippen molar-refractivity contribution in [2.45, 2.75) is 6.54 Å². The number of nitrogens with two attached hydrogens (primary N) is 2. The van der Waals surface area contributed by atoms with Crippen LogP contribution in [0.1, 0.15) is 21.6 Å². The summed E-state index contributed by atoms with van der Waals surface area (Å²) in [6.45, 7) is 0.305. The lowest BCUT2D eigenvalue weighted by atomic mass is 10.1. The molecule has 0 radical (unpaired) electrons. The molecule has 1 aromatic heterocycles. The van der Waals surface area contributed by atoms with Crippen LogP contribution in [0.5, 0.6) is 0 Å². The van der Waals surface area contributed by atoms with Gasteiger partial charge in [0.1, 0.15) is 23.7 Å². The molecule has 1 heterocycles. The average Bonchev–Trinajstić information content (AvgIpc) is 2.60. The molecule has 9 nitrogen and oxygen atoms in total. The van der Waals surface area contributed by atoms with Crippen LogP contribution in [0.15, 0.2) is 41.8 Å². The second-order valence-electron chi connectivity index (χ2n) is 4.44. The zero-order chi connectivity index (χ0) is 16.7. The number of hydrogen-bond acceptors (Lipinski definition) is 6. The van der Waals surface area contributed by atoms with Crippen molar-refractivity contribution in [2.75, 3.05) is 5.32 Å². The summed E-state index contributed by atoms with van der Waals surface area (Å²) in [4.78, 5) is 30.0. The number of nitrogens with zero attached hydrogens (tertiary/aromatic N) is 3. The third-order valence-corrected chi connectivity index (χ3v) is 2.95. The van der Waals surface area contributed by atoms with Crippen molar-refractivity contribution < 1.29 is 9.59 Å². The van der Waals surface area contributed by atoms with Crippen molar-refractivity contribution in [2.24, 2.45) is 16.7 Å². The van der Waals surface area contributed by atoms with E-state index in [9.17, 15) is 9.59 Å². The van der Waals surface area contributed by atoms with Crippen LogP contribution in [0.3, 0.4) is 0 Å². The first-order chi connectivity index (χ1) is 11.1. The summed E-state index contributed by atoms with van der Waals surface area (Å²) in [5.41, 5.74) is 7.31. The van der Waals surface area contributed by atoms with Crippen molar-refractivity contribution in [3.63, 3.8) is 0 Å². The van der Waals surface area contributed by atoms with Crippen LogP contribution in [-0.2, 0) is 11.3 Å². The maximum Gasteiger partial charge on any atom is 0.270 e. The van der Waals surface area contributed by atoms with Crippen LogP contribution in [0.25, 0.3) is 0 Å². The Morgan fingerprint density at radius 3 is 2.65 bits per heavy atom. The standard InChI is InChI=1S/C14H15N7O2/c15-13(21-16)10-3-1-9(2-4-10)6-17-14(23)11-5-12(20-8-22)19-7-18-11/h1-5,7-8H,6,16H2,(H2,15,21)(H,17,23)(H,18,19,20,22). The SMILES string of the molecule is N/N=C(\N)c1ccc(CNC(=O)c2cc(NC=O)ncn2)cc1. The summed E-state index contributed by atoms with van der Waals surface area (Å²) in [6, 6.07) is 8.49. The fraction of sp³-hybridized carbons (Fsp3) is 0.0714. The van der Waals surface area contributed by atoms with Gasteiger partial charge < -0.3 is 22.2 Å². The largest absolute Gasteiger partial charge is 0.382 e. The van der Waals surface area contributed by atoms with Gasteiger partial charge in [0.15, 0.2) is 0 Å². The highest BCUT2D eigenvalue weighted by Crippen LogP contribution is 2.06. The van der Waals surface area contributed by atoms with Crippen LogP contribution in [0.2, 0.25) is 0 Å². The number of benzene rings is 1. The first-order valence-electron chi connectivity index (χ1n) is 6.57. The first kappa shape index (κ1) is 15.9. The van der Waals surface area contributed by atoms with Crippen LogP contribution in [0, 0.1) is 0 Å². The number of carbonyl (C=O) groups is 2. The van der Waals surface area contributed by atoms with Crippen LogP contribution >= 0.6 is 0 Å². The number of hydrogen-bond donors (Lipinski definition) is 4. The quantitative estimate of drug-likeness (QED) is 0.187. The van der Waals surface area contributed by atoms with Gasteiger partial charge in [0.2, 0.25) is 6.41 Å². The number of anilines is 1. The Morgan fingerprint density at radius 1 is 1.26 bits per heavy atom. The number of aromatic nitrogens is 2. The first-order valence-corrected chi connectivity index (χ1v) is 6.57. The normalized spacial score (nSPS) is 10.9. The summed E-state index contributed by atoms with van der Waals surface area (Å²) in [6.07, 6.45) is 1.67. The van der Waals surface area contributed by atoms with E-state index in [1.807, 2.05) is 0 Å². The summed E-state index contributed by atoms with van der Waals surface area (Å²) in [5.74, 6) is 5.21. The average molecular weight is 313 g/mol. The Labute approximate surface area is 131 Å². The van der Waals surface area contributed by atoms with E-state index in [2.05, 4.69) is 25.7 Å². The predicted molar refractivity (Wildman–Crippen MR) is 84.2 cm³/mol. The molecule has 0 bridgehead atoms. The Hall–Kier alpha value is -3.49. The van der Waals surface area contributed by atoms with E-state index >= 15 is 0 Å². The van der Waals surface area contributed by atoms with E-state index in [4.69, 9.17) is 11.6 Å². The molecular weight excluding hydrogens is 298 g/mol. The molecule has 0 aliphatic rings. The van der Waals surface area contributed by atoms with Gasteiger partial charge in [0.25, 0.3) is 5.91 Å². The van der Waals surface area contributed by atoms with Gasteiger partial charge in [0, 0.05) is 18.2 Å². The number of rotatable bonds is 6. The van der Waals surface area contributed by atoms with Gasteiger partial charge in [0.05, 0.1) is 0 Å². The van der Waals surface area contributed by atoms with Gasteiger partial charge in [-0.15, -0.1) is 0 Å². The van der Waals surface area contributed by atoms with Crippen LogP contribution < -0.4 is 22.2 Å². The molecule has 23 heavy (non-hydrogen) atoms. The van der Waals surface area contributed by atoms with E-state index in [0.29, 0.717) is 18.5 Å². The Kier molecular flexibility index (Phi) is 5.18. The second-order valence-corrected chi connectivity index (χ2v) is 4.44. The van der Waals surface area contributed by atoms with Gasteiger partial charge in [-0.1, -0.05) is 24.3 Å². The molecule has 9 heteroatoms. The molecule has 2 aromatic rings. The van der Waals surface area contributed by atoms with Crippen molar-refractivity contribution in [1.29, 1.82) is 0 Å². The molecular formula is C14H15N7O2. The second kappa shape index (κ2) is 7.50. The molecule has 0 atom stereocenters. The summed E-state index contributed by atoms with van der Waals surface area (Å²) in [7, 11) is 0. The molecule has 0 unspecified atom stereocenters. The molecule has 0 aliphatic heterocycles. The molecule has 118 valence electrons. The Bertz CT molecular complexity index is 728. The third-order valence-electron chi connectivity index (χ3n) is 2.95. The van der Waals surface area contributed by atoms with Gasteiger partial charge in [-0.2, -0.15) is 5.10 Å². The maximum absolute atomic E-state index is 12.0. The lowest BCUT2D eigenvalue weighted by Gasteiger charge is -2.06. The van der Waals surface area contributed by atoms with Gasteiger partial charge in [-0.3, -0.25) is 9.59 Å². The third kappa shape index (κ3) is 4.24. The minimum Gasteiger partial charge on any atom is -0.382 e. The Morgan fingerprint density at radius 2 is 2.00 bits per heavy atom. The molecule has 0 aliphatic carbocycles. The van der Waals surface area contributed by atoms with E-state index in [1.165, 1.54) is 12.4 Å². The Balaban J connectivity index is 1.98. The van der Waals surface area contributed by atoms with Gasteiger partial charge in [-0.25, -0.2) is 9.97 Å². The lowest BCUT2D eigenvalue weighted by Crippen LogP contribution is -2.24. The maximum atomic E-state index is 12.0. The molecule has 2 rings (SSSR count). The summed E-state index contributed by atoms with van der Waals surface area (Å²) < 4.78 is 0. The van der Waals surface area contributed by atoms with Gasteiger partial charge >= 0.3 is 0 Å². The fourth-order valence-corrected chi connectivity index (χ4v) is 1.76.